The molecule has 0 bridgehead atoms. The van der Waals surface area contributed by atoms with Crippen molar-refractivity contribution in [2.24, 2.45) is 0 Å². The van der Waals surface area contributed by atoms with Crippen LogP contribution in [-0.2, 0) is 21.2 Å². The lowest BCUT2D eigenvalue weighted by Crippen LogP contribution is -2.40. The molecule has 10 nitrogen and oxygen atoms in total. The number of ether oxygens (including phenoxy) is 2. The van der Waals surface area contributed by atoms with Gasteiger partial charge in [0.25, 0.3) is 5.91 Å². The SMILES string of the molecule is CC(C)Oc1cc(-c2ccc(CCN(C[C@H](O)c3cccc(Cl)c3)C(=O)OC(C)(C)C)cc2)ccc1C(=O)NS(=O)(=O)CCCO. The molecule has 3 aromatic carbocycles. The second kappa shape index (κ2) is 16.3. The van der Waals surface area contributed by atoms with E-state index in [1.807, 2.05) is 29.0 Å². The summed E-state index contributed by atoms with van der Waals surface area (Å²) < 4.78 is 37.9. The van der Waals surface area contributed by atoms with Crippen molar-refractivity contribution in [3.8, 4) is 16.9 Å². The Bertz CT molecular complexity index is 1590. The van der Waals surface area contributed by atoms with E-state index in [0.717, 1.165) is 16.7 Å². The second-order valence-corrected chi connectivity index (χ2v) is 14.4. The number of hydrogen-bond donors (Lipinski definition) is 3. The van der Waals surface area contributed by atoms with E-state index in [2.05, 4.69) is 0 Å². The molecule has 0 radical (unpaired) electrons. The number of nitrogens with zero attached hydrogens (tertiary/aromatic N) is 1. The molecule has 0 aliphatic heterocycles. The zero-order valence-electron chi connectivity index (χ0n) is 26.8. The Labute approximate surface area is 276 Å². The first kappa shape index (κ1) is 36.8. The lowest BCUT2D eigenvalue weighted by Gasteiger charge is -2.29. The van der Waals surface area contributed by atoms with Gasteiger partial charge in [0.15, 0.2) is 0 Å². The van der Waals surface area contributed by atoms with Gasteiger partial charge in [-0.25, -0.2) is 17.9 Å². The molecule has 0 saturated carbocycles. The van der Waals surface area contributed by atoms with E-state index in [1.54, 1.807) is 71.0 Å². The minimum Gasteiger partial charge on any atom is -0.490 e. The summed E-state index contributed by atoms with van der Waals surface area (Å²) in [6, 6.07) is 19.4. The molecule has 0 saturated heterocycles. The first-order valence-electron chi connectivity index (χ1n) is 15.0. The van der Waals surface area contributed by atoms with Crippen LogP contribution in [0, 0.1) is 0 Å². The van der Waals surface area contributed by atoms with Crippen LogP contribution < -0.4 is 9.46 Å². The van der Waals surface area contributed by atoms with Crippen LogP contribution in [0.5, 0.6) is 5.75 Å². The quantitative estimate of drug-likeness (QED) is 0.196. The van der Waals surface area contributed by atoms with Crippen LogP contribution in [0.25, 0.3) is 11.1 Å². The summed E-state index contributed by atoms with van der Waals surface area (Å²) in [4.78, 5) is 27.4. The number of carbonyl (C=O) groups excluding carboxylic acids is 2. The third-order valence-corrected chi connectivity index (χ3v) is 8.20. The van der Waals surface area contributed by atoms with Crippen LogP contribution in [0.4, 0.5) is 4.79 Å². The average molecular weight is 675 g/mol. The van der Waals surface area contributed by atoms with E-state index in [0.29, 0.717) is 23.6 Å². The van der Waals surface area contributed by atoms with E-state index >= 15 is 0 Å². The normalized spacial score (nSPS) is 12.5. The highest BCUT2D eigenvalue weighted by Gasteiger charge is 2.25. The summed E-state index contributed by atoms with van der Waals surface area (Å²) in [5, 5.41) is 20.3. The lowest BCUT2D eigenvalue weighted by atomic mass is 10.0. The highest BCUT2D eigenvalue weighted by atomic mass is 35.5. The molecule has 250 valence electrons. The van der Waals surface area contributed by atoms with Crippen LogP contribution in [0.2, 0.25) is 5.02 Å². The summed E-state index contributed by atoms with van der Waals surface area (Å²) in [5.41, 5.74) is 2.49. The number of rotatable bonds is 14. The molecule has 2 amide bonds. The molecule has 3 N–H and O–H groups in total. The number of aliphatic hydroxyl groups is 2. The molecular weight excluding hydrogens is 632 g/mol. The molecule has 46 heavy (non-hydrogen) atoms. The average Bonchev–Trinajstić information content (AvgIpc) is 2.97. The summed E-state index contributed by atoms with van der Waals surface area (Å²) >= 11 is 6.09. The first-order chi connectivity index (χ1) is 21.6. The van der Waals surface area contributed by atoms with Gasteiger partial charge in [0.05, 0.1) is 30.1 Å². The first-order valence-corrected chi connectivity index (χ1v) is 17.1. The molecule has 12 heteroatoms. The Morgan fingerprint density at radius 1 is 1.00 bits per heavy atom. The van der Waals surface area contributed by atoms with Crippen LogP contribution >= 0.6 is 11.6 Å². The van der Waals surface area contributed by atoms with E-state index < -0.39 is 33.7 Å². The van der Waals surface area contributed by atoms with Gasteiger partial charge in [-0.2, -0.15) is 0 Å². The minimum absolute atomic E-state index is 0.0108. The maximum Gasteiger partial charge on any atom is 0.410 e. The lowest BCUT2D eigenvalue weighted by molar-refractivity contribution is 0.0147. The van der Waals surface area contributed by atoms with E-state index in [9.17, 15) is 23.1 Å². The highest BCUT2D eigenvalue weighted by Crippen LogP contribution is 2.29. The Kier molecular flexibility index (Phi) is 13.0. The fraction of sp³-hybridized carbons (Fsp3) is 0.412. The molecule has 0 aliphatic rings. The molecular formula is C34H43ClN2O8S. The molecule has 0 unspecified atom stereocenters. The van der Waals surface area contributed by atoms with Gasteiger partial charge in [0.1, 0.15) is 11.4 Å². The van der Waals surface area contributed by atoms with Gasteiger partial charge in [0, 0.05) is 18.2 Å². The molecule has 0 heterocycles. The van der Waals surface area contributed by atoms with Crippen molar-refractivity contribution in [1.29, 1.82) is 0 Å². The number of benzene rings is 3. The minimum atomic E-state index is -3.92. The maximum absolute atomic E-state index is 13.0. The number of sulfonamides is 1. The zero-order chi connectivity index (χ0) is 34.1. The molecule has 1 atom stereocenters. The van der Waals surface area contributed by atoms with Crippen molar-refractivity contribution in [3.63, 3.8) is 0 Å². The van der Waals surface area contributed by atoms with Gasteiger partial charge in [-0.1, -0.05) is 54.1 Å². The van der Waals surface area contributed by atoms with Gasteiger partial charge >= 0.3 is 6.09 Å². The van der Waals surface area contributed by atoms with Crippen molar-refractivity contribution in [1.82, 2.24) is 9.62 Å². The fourth-order valence-electron chi connectivity index (χ4n) is 4.48. The Morgan fingerprint density at radius 2 is 1.67 bits per heavy atom. The van der Waals surface area contributed by atoms with Gasteiger partial charge in [-0.05, 0) is 94.0 Å². The van der Waals surface area contributed by atoms with Gasteiger partial charge in [-0.3, -0.25) is 4.79 Å². The summed E-state index contributed by atoms with van der Waals surface area (Å²) in [7, 11) is -3.92. The van der Waals surface area contributed by atoms with Gasteiger partial charge in [-0.15, -0.1) is 0 Å². The molecule has 3 aromatic rings. The van der Waals surface area contributed by atoms with Crippen LogP contribution in [0.15, 0.2) is 66.7 Å². The smallest absolute Gasteiger partial charge is 0.410 e. The van der Waals surface area contributed by atoms with Gasteiger partial charge in [0.2, 0.25) is 10.0 Å². The molecule has 0 aliphatic carbocycles. The number of carbonyl (C=O) groups is 2. The van der Waals surface area contributed by atoms with Crippen LogP contribution in [-0.4, -0.2) is 72.7 Å². The number of hydrogen-bond acceptors (Lipinski definition) is 8. The molecule has 0 fully saturated rings. The summed E-state index contributed by atoms with van der Waals surface area (Å²) in [6.07, 6.45) is -1.26. The maximum atomic E-state index is 13.0. The Morgan fingerprint density at radius 3 is 2.28 bits per heavy atom. The van der Waals surface area contributed by atoms with E-state index in [-0.39, 0.29) is 42.7 Å². The van der Waals surface area contributed by atoms with Crippen LogP contribution in [0.3, 0.4) is 0 Å². The molecule has 0 aromatic heterocycles. The third-order valence-electron chi connectivity index (χ3n) is 6.64. The standard InChI is InChI=1S/C34H43ClN2O8S/c1-23(2)44-31-21-26(14-15-29(31)32(40)36-46(42,43)19-7-18-38)25-12-10-24(11-13-25)16-17-37(33(41)45-34(3,4)5)22-30(39)27-8-6-9-28(35)20-27/h6,8-15,20-21,23,30,38-39H,7,16-19,22H2,1-5H3,(H,36,40)/t30-/m0/s1. The van der Waals surface area contributed by atoms with E-state index in [1.165, 1.54) is 11.0 Å². The van der Waals surface area contributed by atoms with Crippen LogP contribution in [0.1, 0.15) is 68.6 Å². The van der Waals surface area contributed by atoms with Crippen molar-refractivity contribution < 1.29 is 37.7 Å². The summed E-state index contributed by atoms with van der Waals surface area (Å²) in [5.74, 6) is -0.957. The number of nitrogens with one attached hydrogen (secondary N) is 1. The topological polar surface area (TPSA) is 142 Å². The largest absolute Gasteiger partial charge is 0.490 e. The summed E-state index contributed by atoms with van der Waals surface area (Å²) in [6.45, 7) is 8.97. The Balaban J connectivity index is 1.77. The van der Waals surface area contributed by atoms with Crippen molar-refractivity contribution in [2.45, 2.75) is 65.3 Å². The van der Waals surface area contributed by atoms with Crippen molar-refractivity contribution in [3.05, 3.63) is 88.4 Å². The predicted molar refractivity (Wildman–Crippen MR) is 179 cm³/mol. The van der Waals surface area contributed by atoms with Crippen molar-refractivity contribution >= 4 is 33.6 Å². The predicted octanol–water partition coefficient (Wildman–Crippen LogP) is 5.75. The van der Waals surface area contributed by atoms with Crippen molar-refractivity contribution in [2.75, 3.05) is 25.4 Å². The van der Waals surface area contributed by atoms with E-state index in [4.69, 9.17) is 26.2 Å². The Hall–Kier alpha value is -3.64. The second-order valence-electron chi connectivity index (χ2n) is 12.1. The van der Waals surface area contributed by atoms with Gasteiger partial charge < -0.3 is 24.6 Å². The zero-order valence-corrected chi connectivity index (χ0v) is 28.4. The fourth-order valence-corrected chi connectivity index (χ4v) is 5.68. The molecule has 0 spiro atoms. The number of aliphatic hydroxyl groups excluding tert-OH is 2. The third kappa shape index (κ3) is 11.6. The number of halogens is 1. The monoisotopic (exact) mass is 674 g/mol. The molecule has 3 rings (SSSR count). The number of amides is 2. The highest BCUT2D eigenvalue weighted by molar-refractivity contribution is 7.90.